The van der Waals surface area contributed by atoms with Gasteiger partial charge < -0.3 is 4.42 Å². The minimum Gasteiger partial charge on any atom is -0.438 e. The van der Waals surface area contributed by atoms with Crippen LogP contribution in [0.15, 0.2) is 39.9 Å². The van der Waals surface area contributed by atoms with Gasteiger partial charge in [-0.15, -0.1) is 0 Å². The van der Waals surface area contributed by atoms with Crippen LogP contribution in [0.25, 0.3) is 0 Å². The van der Waals surface area contributed by atoms with E-state index in [4.69, 9.17) is 4.42 Å². The summed E-state index contributed by atoms with van der Waals surface area (Å²) >= 11 is 1.57. The summed E-state index contributed by atoms with van der Waals surface area (Å²) in [7, 11) is 0. The predicted octanol–water partition coefficient (Wildman–Crippen LogP) is 3.44. The van der Waals surface area contributed by atoms with Crippen LogP contribution in [0.5, 0.6) is 0 Å². The summed E-state index contributed by atoms with van der Waals surface area (Å²) in [6, 6.07) is 8.15. The largest absolute Gasteiger partial charge is 0.438 e. The Bertz CT molecular complexity index is 510. The lowest BCUT2D eigenvalue weighted by Crippen LogP contribution is -1.90. The third-order valence-corrected chi connectivity index (χ3v) is 2.94. The molecule has 2 rings (SSSR count). The average Bonchev–Trinajstić information content (AvgIpc) is 2.65. The summed E-state index contributed by atoms with van der Waals surface area (Å²) in [5.41, 5.74) is 2.25. The molecule has 0 aliphatic rings. The fourth-order valence-corrected chi connectivity index (χ4v) is 2.00. The molecule has 2 nitrogen and oxygen atoms in total. The first-order chi connectivity index (χ1) is 7.29. The maximum absolute atomic E-state index is 5.32. The number of para-hydroxylation sites is 1. The number of nitrogens with zero attached hydrogens (tertiary/aromatic N) is 1. The Morgan fingerprint density at radius 2 is 2.13 bits per heavy atom. The Kier molecular flexibility index (Phi) is 3.02. The molecular formula is C12H13NOS. The lowest BCUT2D eigenvalue weighted by atomic mass is 10.1. The molecular weight excluding hydrogens is 206 g/mol. The fraction of sp³-hybridized carbons (Fsp3) is 0.250. The molecule has 0 spiro atoms. The second-order valence-corrected chi connectivity index (χ2v) is 4.51. The molecule has 2 aromatic rings. The van der Waals surface area contributed by atoms with Crippen LogP contribution in [0.4, 0.5) is 5.69 Å². The summed E-state index contributed by atoms with van der Waals surface area (Å²) in [6.45, 7) is 4.14. The minimum atomic E-state index is 0.716. The molecule has 0 atom stereocenters. The van der Waals surface area contributed by atoms with Crippen LogP contribution in [0.3, 0.4) is 0 Å². The van der Waals surface area contributed by atoms with E-state index in [9.17, 15) is 0 Å². The van der Waals surface area contributed by atoms with Gasteiger partial charge >= 0.3 is 0 Å². The number of hydrogen-bond acceptors (Lipinski definition) is 3. The van der Waals surface area contributed by atoms with Crippen molar-refractivity contribution >= 4 is 17.0 Å². The highest BCUT2D eigenvalue weighted by molar-refractivity contribution is 7.08. The van der Waals surface area contributed by atoms with E-state index in [1.807, 2.05) is 25.1 Å². The Morgan fingerprint density at radius 3 is 2.80 bits per heavy atom. The van der Waals surface area contributed by atoms with Gasteiger partial charge in [0.2, 0.25) is 0 Å². The van der Waals surface area contributed by atoms with Gasteiger partial charge in [0.25, 0.3) is 4.87 Å². The molecule has 0 N–H and O–H groups in total. The zero-order valence-corrected chi connectivity index (χ0v) is 9.67. The summed E-state index contributed by atoms with van der Waals surface area (Å²) in [6.07, 6.45) is 2.72. The molecule has 0 saturated carbocycles. The topological polar surface area (TPSA) is 25.5 Å². The van der Waals surface area contributed by atoms with Gasteiger partial charge in [0.15, 0.2) is 0 Å². The van der Waals surface area contributed by atoms with E-state index in [1.54, 1.807) is 17.6 Å². The van der Waals surface area contributed by atoms with E-state index < -0.39 is 0 Å². The van der Waals surface area contributed by atoms with Gasteiger partial charge in [-0.1, -0.05) is 36.5 Å². The van der Waals surface area contributed by atoms with Gasteiger partial charge in [0.05, 0.1) is 5.69 Å². The van der Waals surface area contributed by atoms with Gasteiger partial charge in [-0.25, -0.2) is 4.99 Å². The van der Waals surface area contributed by atoms with Gasteiger partial charge in [-0.2, -0.15) is 0 Å². The van der Waals surface area contributed by atoms with E-state index >= 15 is 0 Å². The van der Waals surface area contributed by atoms with Gasteiger partial charge in [-0.05, 0) is 25.0 Å². The van der Waals surface area contributed by atoms with Crippen molar-refractivity contribution in [3.63, 3.8) is 0 Å². The lowest BCUT2D eigenvalue weighted by molar-refractivity contribution is 0.522. The molecule has 0 aliphatic carbocycles. The van der Waals surface area contributed by atoms with E-state index in [1.165, 1.54) is 5.56 Å². The van der Waals surface area contributed by atoms with E-state index in [2.05, 4.69) is 18.0 Å². The molecule has 0 radical (unpaired) electrons. The molecule has 78 valence electrons. The monoisotopic (exact) mass is 219 g/mol. The zero-order valence-electron chi connectivity index (χ0n) is 8.86. The fourth-order valence-electron chi connectivity index (χ4n) is 1.39. The highest BCUT2D eigenvalue weighted by atomic mass is 32.1. The summed E-state index contributed by atoms with van der Waals surface area (Å²) in [5.74, 6) is 0. The lowest BCUT2D eigenvalue weighted by Gasteiger charge is -1.99. The SMILES string of the molecule is CCc1ccccc1N=c1occ(C)s1. The third-order valence-electron chi connectivity index (χ3n) is 2.16. The smallest absolute Gasteiger partial charge is 0.278 e. The first-order valence-corrected chi connectivity index (χ1v) is 5.79. The van der Waals surface area contributed by atoms with E-state index in [-0.39, 0.29) is 0 Å². The highest BCUT2D eigenvalue weighted by Gasteiger charge is 1.98. The molecule has 0 aliphatic heterocycles. The van der Waals surface area contributed by atoms with Crippen LogP contribution in [0, 0.1) is 6.92 Å². The first-order valence-electron chi connectivity index (χ1n) is 4.97. The standard InChI is InChI=1S/C12H13NOS/c1-3-10-6-4-5-7-11(10)13-12-14-8-9(2)15-12/h4-8H,3H2,1-2H3. The molecule has 1 aromatic carbocycles. The third kappa shape index (κ3) is 2.36. The molecule has 0 amide bonds. The maximum Gasteiger partial charge on any atom is 0.278 e. The Hall–Kier alpha value is -1.35. The first kappa shape index (κ1) is 10.2. The molecule has 0 bridgehead atoms. The summed E-state index contributed by atoms with van der Waals surface area (Å²) < 4.78 is 5.32. The summed E-state index contributed by atoms with van der Waals surface area (Å²) in [5, 5.41) is 0. The second-order valence-electron chi connectivity index (χ2n) is 3.31. The molecule has 0 fully saturated rings. The maximum atomic E-state index is 5.32. The van der Waals surface area contributed by atoms with Crippen LogP contribution in [0.1, 0.15) is 17.4 Å². The molecule has 0 unspecified atom stereocenters. The Morgan fingerprint density at radius 1 is 1.33 bits per heavy atom. The quantitative estimate of drug-likeness (QED) is 0.759. The van der Waals surface area contributed by atoms with Crippen molar-refractivity contribution in [2.24, 2.45) is 4.99 Å². The van der Waals surface area contributed by atoms with Crippen molar-refractivity contribution in [3.8, 4) is 0 Å². The van der Waals surface area contributed by atoms with Gasteiger partial charge in [-0.3, -0.25) is 0 Å². The molecule has 1 heterocycles. The van der Waals surface area contributed by atoms with Crippen molar-refractivity contribution < 1.29 is 4.42 Å². The van der Waals surface area contributed by atoms with Crippen LogP contribution < -0.4 is 4.87 Å². The van der Waals surface area contributed by atoms with Crippen LogP contribution in [-0.2, 0) is 6.42 Å². The molecule has 1 aromatic heterocycles. The van der Waals surface area contributed by atoms with E-state index in [0.29, 0.717) is 4.87 Å². The van der Waals surface area contributed by atoms with Crippen molar-refractivity contribution in [1.29, 1.82) is 0 Å². The number of rotatable bonds is 2. The molecule has 15 heavy (non-hydrogen) atoms. The van der Waals surface area contributed by atoms with Crippen LogP contribution in [0.2, 0.25) is 0 Å². The van der Waals surface area contributed by atoms with Gasteiger partial charge in [0.1, 0.15) is 6.26 Å². The van der Waals surface area contributed by atoms with E-state index in [0.717, 1.165) is 17.0 Å². The molecule has 3 heteroatoms. The van der Waals surface area contributed by atoms with Crippen LogP contribution in [-0.4, -0.2) is 0 Å². The molecule has 0 saturated heterocycles. The Balaban J connectivity index is 2.47. The number of benzene rings is 1. The number of hydrogen-bond donors (Lipinski definition) is 0. The van der Waals surface area contributed by atoms with Gasteiger partial charge in [0, 0.05) is 4.88 Å². The normalized spacial score (nSPS) is 12.0. The highest BCUT2D eigenvalue weighted by Crippen LogP contribution is 2.18. The average molecular weight is 219 g/mol. The minimum absolute atomic E-state index is 0.716. The van der Waals surface area contributed by atoms with Crippen molar-refractivity contribution in [2.45, 2.75) is 20.3 Å². The number of aryl methyl sites for hydroxylation is 2. The van der Waals surface area contributed by atoms with Crippen molar-refractivity contribution in [2.75, 3.05) is 0 Å². The Labute approximate surface area is 92.9 Å². The van der Waals surface area contributed by atoms with Crippen LogP contribution >= 0.6 is 11.3 Å². The van der Waals surface area contributed by atoms with Crippen molar-refractivity contribution in [1.82, 2.24) is 0 Å². The van der Waals surface area contributed by atoms with Crippen molar-refractivity contribution in [3.05, 3.63) is 45.8 Å². The predicted molar refractivity (Wildman–Crippen MR) is 62.4 cm³/mol. The summed E-state index contributed by atoms with van der Waals surface area (Å²) in [4.78, 5) is 6.34. The second kappa shape index (κ2) is 4.45. The zero-order chi connectivity index (χ0) is 10.7.